The zero-order valence-electron chi connectivity index (χ0n) is 7.90. The first kappa shape index (κ1) is 9.96. The molecule has 1 aliphatic heterocycles. The molecule has 0 bridgehead atoms. The van der Waals surface area contributed by atoms with Gasteiger partial charge in [0.05, 0.1) is 12.2 Å². The monoisotopic (exact) mass is 174 g/mol. The van der Waals surface area contributed by atoms with Crippen molar-refractivity contribution in [2.45, 2.75) is 51.6 Å². The Balaban J connectivity index is 2.47. The molecule has 12 heavy (non-hydrogen) atoms. The summed E-state index contributed by atoms with van der Waals surface area (Å²) in [6.07, 6.45) is -1.03. The summed E-state index contributed by atoms with van der Waals surface area (Å²) < 4.78 is 5.40. The zero-order valence-corrected chi connectivity index (χ0v) is 7.90. The molecule has 0 amide bonds. The van der Waals surface area contributed by atoms with E-state index in [1.165, 1.54) is 0 Å². The molecular weight excluding hydrogens is 156 g/mol. The van der Waals surface area contributed by atoms with Gasteiger partial charge in [-0.15, -0.1) is 0 Å². The summed E-state index contributed by atoms with van der Waals surface area (Å²) in [5.74, 6) is 0.488. The van der Waals surface area contributed by atoms with Gasteiger partial charge in [0.15, 0.2) is 0 Å². The van der Waals surface area contributed by atoms with Crippen LogP contribution in [0.15, 0.2) is 0 Å². The highest BCUT2D eigenvalue weighted by Crippen LogP contribution is 2.25. The SMILES string of the molecule is CC(C)C[C@H]1O[C@@H](C)[C@@H](O)C1O. The molecule has 0 aromatic rings. The van der Waals surface area contributed by atoms with Crippen molar-refractivity contribution in [1.29, 1.82) is 0 Å². The second-order valence-corrected chi connectivity index (χ2v) is 3.99. The Morgan fingerprint density at radius 1 is 1.25 bits per heavy atom. The number of ether oxygens (including phenoxy) is 1. The second kappa shape index (κ2) is 3.73. The molecule has 0 aromatic carbocycles. The van der Waals surface area contributed by atoms with Crippen molar-refractivity contribution in [3.8, 4) is 0 Å². The fraction of sp³-hybridized carbons (Fsp3) is 1.00. The van der Waals surface area contributed by atoms with E-state index in [2.05, 4.69) is 13.8 Å². The maximum absolute atomic E-state index is 9.50. The standard InChI is InChI=1S/C9H18O3/c1-5(2)4-7-9(11)8(10)6(3)12-7/h5-11H,4H2,1-3H3/t6-,7+,8+,9?/m0/s1. The van der Waals surface area contributed by atoms with Crippen LogP contribution in [0, 0.1) is 5.92 Å². The third-order valence-electron chi connectivity index (χ3n) is 2.30. The van der Waals surface area contributed by atoms with Gasteiger partial charge in [0, 0.05) is 0 Å². The lowest BCUT2D eigenvalue weighted by atomic mass is 10.0. The first-order valence-corrected chi connectivity index (χ1v) is 4.54. The molecule has 1 aliphatic rings. The van der Waals surface area contributed by atoms with E-state index in [1.807, 2.05) is 0 Å². The van der Waals surface area contributed by atoms with Crippen LogP contribution in [0.2, 0.25) is 0 Å². The summed E-state index contributed by atoms with van der Waals surface area (Å²) in [6.45, 7) is 5.94. The van der Waals surface area contributed by atoms with Crippen molar-refractivity contribution in [3.63, 3.8) is 0 Å². The van der Waals surface area contributed by atoms with Gasteiger partial charge >= 0.3 is 0 Å². The molecule has 0 aliphatic carbocycles. The molecule has 1 heterocycles. The third kappa shape index (κ3) is 1.97. The van der Waals surface area contributed by atoms with E-state index in [1.54, 1.807) is 6.92 Å². The fourth-order valence-electron chi connectivity index (χ4n) is 1.59. The summed E-state index contributed by atoms with van der Waals surface area (Å²) >= 11 is 0. The van der Waals surface area contributed by atoms with E-state index in [4.69, 9.17) is 4.74 Å². The van der Waals surface area contributed by atoms with Crippen LogP contribution in [0.4, 0.5) is 0 Å². The molecule has 72 valence electrons. The maximum atomic E-state index is 9.50. The lowest BCUT2D eigenvalue weighted by Gasteiger charge is -2.16. The molecule has 0 saturated carbocycles. The highest BCUT2D eigenvalue weighted by Gasteiger charge is 2.39. The molecule has 3 nitrogen and oxygen atoms in total. The first-order valence-electron chi connectivity index (χ1n) is 4.54. The van der Waals surface area contributed by atoms with E-state index >= 15 is 0 Å². The Kier molecular flexibility index (Phi) is 3.09. The highest BCUT2D eigenvalue weighted by molar-refractivity contribution is 4.88. The summed E-state index contributed by atoms with van der Waals surface area (Å²) in [5, 5.41) is 18.9. The van der Waals surface area contributed by atoms with Gasteiger partial charge in [-0.05, 0) is 19.3 Å². The van der Waals surface area contributed by atoms with Gasteiger partial charge in [0.25, 0.3) is 0 Å². The lowest BCUT2D eigenvalue weighted by molar-refractivity contribution is 0.00430. The van der Waals surface area contributed by atoms with Gasteiger partial charge in [-0.3, -0.25) is 0 Å². The molecule has 1 unspecified atom stereocenters. The Hall–Kier alpha value is -0.120. The Morgan fingerprint density at radius 3 is 2.17 bits per heavy atom. The maximum Gasteiger partial charge on any atom is 0.109 e. The van der Waals surface area contributed by atoms with Crippen LogP contribution in [0.5, 0.6) is 0 Å². The molecule has 3 heteroatoms. The molecule has 0 spiro atoms. The van der Waals surface area contributed by atoms with E-state index in [9.17, 15) is 10.2 Å². The zero-order chi connectivity index (χ0) is 9.30. The van der Waals surface area contributed by atoms with E-state index in [-0.39, 0.29) is 12.2 Å². The average molecular weight is 174 g/mol. The molecule has 0 radical (unpaired) electrons. The number of rotatable bonds is 2. The number of aliphatic hydroxyl groups excluding tert-OH is 2. The van der Waals surface area contributed by atoms with E-state index in [0.717, 1.165) is 6.42 Å². The van der Waals surface area contributed by atoms with Crippen LogP contribution in [0.3, 0.4) is 0 Å². The van der Waals surface area contributed by atoms with Crippen LogP contribution < -0.4 is 0 Å². The van der Waals surface area contributed by atoms with Gasteiger partial charge < -0.3 is 14.9 Å². The molecule has 1 saturated heterocycles. The van der Waals surface area contributed by atoms with Crippen molar-refractivity contribution in [2.24, 2.45) is 5.92 Å². The lowest BCUT2D eigenvalue weighted by Crippen LogP contribution is -2.32. The van der Waals surface area contributed by atoms with Gasteiger partial charge in [0.1, 0.15) is 12.2 Å². The van der Waals surface area contributed by atoms with Gasteiger partial charge in [0.2, 0.25) is 0 Å². The smallest absolute Gasteiger partial charge is 0.109 e. The van der Waals surface area contributed by atoms with Crippen LogP contribution in [-0.2, 0) is 4.74 Å². The summed E-state index contributed by atoms with van der Waals surface area (Å²) in [7, 11) is 0. The van der Waals surface area contributed by atoms with Gasteiger partial charge in [-0.1, -0.05) is 13.8 Å². The Labute approximate surface area is 73.4 Å². The van der Waals surface area contributed by atoms with Crippen molar-refractivity contribution in [2.75, 3.05) is 0 Å². The predicted octanol–water partition coefficient (Wildman–Crippen LogP) is 0.542. The molecule has 2 N–H and O–H groups in total. The van der Waals surface area contributed by atoms with Crippen molar-refractivity contribution in [3.05, 3.63) is 0 Å². The minimum absolute atomic E-state index is 0.185. The molecule has 1 rings (SSSR count). The number of aliphatic hydroxyl groups is 2. The van der Waals surface area contributed by atoms with Crippen LogP contribution in [0.25, 0.3) is 0 Å². The van der Waals surface area contributed by atoms with E-state index < -0.39 is 12.2 Å². The van der Waals surface area contributed by atoms with Crippen LogP contribution in [0.1, 0.15) is 27.2 Å². The molecule has 1 fully saturated rings. The average Bonchev–Trinajstić information content (AvgIpc) is 2.17. The highest BCUT2D eigenvalue weighted by atomic mass is 16.5. The van der Waals surface area contributed by atoms with Crippen LogP contribution >= 0.6 is 0 Å². The largest absolute Gasteiger partial charge is 0.388 e. The number of hydrogen-bond donors (Lipinski definition) is 2. The van der Waals surface area contributed by atoms with E-state index in [0.29, 0.717) is 5.92 Å². The third-order valence-corrected chi connectivity index (χ3v) is 2.30. The topological polar surface area (TPSA) is 49.7 Å². The summed E-state index contributed by atoms with van der Waals surface area (Å²) in [4.78, 5) is 0. The van der Waals surface area contributed by atoms with Gasteiger partial charge in [-0.25, -0.2) is 0 Å². The van der Waals surface area contributed by atoms with Crippen molar-refractivity contribution in [1.82, 2.24) is 0 Å². The summed E-state index contributed by atoms with van der Waals surface area (Å²) in [5.41, 5.74) is 0. The Bertz CT molecular complexity index is 145. The second-order valence-electron chi connectivity index (χ2n) is 3.99. The molecular formula is C9H18O3. The normalized spacial score (nSPS) is 42.5. The first-order chi connectivity index (χ1) is 5.52. The van der Waals surface area contributed by atoms with Crippen molar-refractivity contribution < 1.29 is 14.9 Å². The minimum Gasteiger partial charge on any atom is -0.388 e. The molecule has 0 aromatic heterocycles. The number of hydrogen-bond acceptors (Lipinski definition) is 3. The van der Waals surface area contributed by atoms with Crippen LogP contribution in [-0.4, -0.2) is 34.6 Å². The van der Waals surface area contributed by atoms with Gasteiger partial charge in [-0.2, -0.15) is 0 Å². The Morgan fingerprint density at radius 2 is 1.83 bits per heavy atom. The minimum atomic E-state index is -0.714. The molecule has 4 atom stereocenters. The predicted molar refractivity (Wildman–Crippen MR) is 45.8 cm³/mol. The van der Waals surface area contributed by atoms with Crippen molar-refractivity contribution >= 4 is 0 Å². The quantitative estimate of drug-likeness (QED) is 0.642. The summed E-state index contributed by atoms with van der Waals surface area (Å²) in [6, 6.07) is 0. The fourth-order valence-corrected chi connectivity index (χ4v) is 1.59.